The molecule has 6 nitrogen and oxygen atoms in total. The first-order chi connectivity index (χ1) is 9.33. The summed E-state index contributed by atoms with van der Waals surface area (Å²) in [5, 5.41) is 22.3. The Labute approximate surface area is 113 Å². The van der Waals surface area contributed by atoms with Crippen LogP contribution in [0.5, 0.6) is 5.75 Å². The first-order valence-electron chi connectivity index (χ1n) is 5.49. The number of pyridine rings is 1. The highest BCUT2D eigenvalue weighted by Gasteiger charge is 2.10. The number of nitrogens with zero attached hydrogens (tertiary/aromatic N) is 5. The molecule has 0 unspecified atom stereocenters. The largest absolute Gasteiger partial charge is 0.508 e. The third-order valence-electron chi connectivity index (χ3n) is 2.37. The van der Waals surface area contributed by atoms with E-state index in [1.807, 2.05) is 18.2 Å². The molecule has 3 aromatic rings. The van der Waals surface area contributed by atoms with E-state index in [1.54, 1.807) is 35.1 Å². The minimum absolute atomic E-state index is 0.204. The molecular weight excluding hydrogens is 262 g/mol. The van der Waals surface area contributed by atoms with Crippen molar-refractivity contribution < 1.29 is 5.11 Å². The molecule has 3 rings (SSSR count). The van der Waals surface area contributed by atoms with Crippen molar-refractivity contribution in [3.05, 3.63) is 48.7 Å². The van der Waals surface area contributed by atoms with Gasteiger partial charge in [-0.05, 0) is 58.6 Å². The van der Waals surface area contributed by atoms with Gasteiger partial charge >= 0.3 is 0 Å². The first kappa shape index (κ1) is 11.7. The maximum atomic E-state index is 9.28. The second-order valence-electron chi connectivity index (χ2n) is 3.66. The molecule has 0 aliphatic rings. The normalized spacial score (nSPS) is 10.5. The Balaban J connectivity index is 1.92. The quantitative estimate of drug-likeness (QED) is 0.784. The minimum atomic E-state index is 0.204. The molecule has 0 spiro atoms. The van der Waals surface area contributed by atoms with E-state index in [1.165, 1.54) is 11.8 Å². The molecule has 0 aliphatic carbocycles. The summed E-state index contributed by atoms with van der Waals surface area (Å²) in [6, 6.07) is 12.3. The van der Waals surface area contributed by atoms with Crippen LogP contribution in [0.1, 0.15) is 0 Å². The lowest BCUT2D eigenvalue weighted by molar-refractivity contribution is 0.475. The molecule has 0 radical (unpaired) electrons. The molecule has 7 heteroatoms. The number of hydrogen-bond donors (Lipinski definition) is 1. The maximum Gasteiger partial charge on any atom is 0.220 e. The monoisotopic (exact) mass is 271 g/mol. The van der Waals surface area contributed by atoms with Gasteiger partial charge in [0.2, 0.25) is 5.16 Å². The van der Waals surface area contributed by atoms with Gasteiger partial charge < -0.3 is 5.11 Å². The maximum absolute atomic E-state index is 9.28. The number of tetrazole rings is 1. The van der Waals surface area contributed by atoms with E-state index in [4.69, 9.17) is 0 Å². The molecule has 0 aliphatic heterocycles. The molecule has 1 aromatic carbocycles. The van der Waals surface area contributed by atoms with Crippen LogP contribution >= 0.6 is 11.8 Å². The molecule has 0 amide bonds. The van der Waals surface area contributed by atoms with Gasteiger partial charge in [0.25, 0.3) is 0 Å². The smallest absolute Gasteiger partial charge is 0.220 e. The standard InChI is InChI=1S/C12H9N5OS/c18-10-6-4-9(5-7-10)17-12(14-15-16-17)19-11-3-1-2-8-13-11/h1-8,18H. The zero-order valence-corrected chi connectivity index (χ0v) is 10.5. The molecule has 2 heterocycles. The van der Waals surface area contributed by atoms with Crippen LogP contribution < -0.4 is 0 Å². The second kappa shape index (κ2) is 5.07. The minimum Gasteiger partial charge on any atom is -0.508 e. The fourth-order valence-electron chi connectivity index (χ4n) is 1.50. The summed E-state index contributed by atoms with van der Waals surface area (Å²) in [5.41, 5.74) is 0.779. The van der Waals surface area contributed by atoms with Gasteiger partial charge in [0, 0.05) is 6.20 Å². The number of phenolic OH excluding ortho intramolecular Hbond substituents is 1. The SMILES string of the molecule is Oc1ccc(-n2nnnc2Sc2ccccn2)cc1. The number of phenols is 1. The number of rotatable bonds is 3. The summed E-state index contributed by atoms with van der Waals surface area (Å²) in [5.74, 6) is 0.204. The van der Waals surface area contributed by atoms with E-state index in [2.05, 4.69) is 20.5 Å². The van der Waals surface area contributed by atoms with Crippen LogP contribution in [0.2, 0.25) is 0 Å². The predicted octanol–water partition coefficient (Wildman–Crippen LogP) is 1.91. The van der Waals surface area contributed by atoms with Gasteiger partial charge in [-0.15, -0.1) is 5.10 Å². The van der Waals surface area contributed by atoms with E-state index in [9.17, 15) is 5.11 Å². The Hall–Kier alpha value is -2.41. The van der Waals surface area contributed by atoms with Crippen molar-refractivity contribution in [2.75, 3.05) is 0 Å². The van der Waals surface area contributed by atoms with Crippen LogP contribution in [0.3, 0.4) is 0 Å². The Morgan fingerprint density at radius 2 is 1.89 bits per heavy atom. The van der Waals surface area contributed by atoms with Crippen molar-refractivity contribution in [2.45, 2.75) is 10.2 Å². The van der Waals surface area contributed by atoms with Crippen LogP contribution in [-0.2, 0) is 0 Å². The Kier molecular flexibility index (Phi) is 3.11. The lowest BCUT2D eigenvalue weighted by atomic mass is 10.3. The first-order valence-corrected chi connectivity index (χ1v) is 6.31. The highest BCUT2D eigenvalue weighted by molar-refractivity contribution is 7.99. The molecule has 2 aromatic heterocycles. The lowest BCUT2D eigenvalue weighted by Crippen LogP contribution is -1.98. The van der Waals surface area contributed by atoms with Gasteiger partial charge in [-0.3, -0.25) is 0 Å². The van der Waals surface area contributed by atoms with Crippen molar-refractivity contribution in [3.8, 4) is 11.4 Å². The summed E-state index contributed by atoms with van der Waals surface area (Å²) < 4.78 is 1.60. The van der Waals surface area contributed by atoms with Gasteiger partial charge in [-0.25, -0.2) is 4.98 Å². The van der Waals surface area contributed by atoms with Gasteiger partial charge in [0.1, 0.15) is 10.8 Å². The summed E-state index contributed by atoms with van der Waals surface area (Å²) in [7, 11) is 0. The molecule has 0 fully saturated rings. The summed E-state index contributed by atoms with van der Waals surface area (Å²) in [6.45, 7) is 0. The summed E-state index contributed by atoms with van der Waals surface area (Å²) in [6.07, 6.45) is 1.72. The average Bonchev–Trinajstić information content (AvgIpc) is 2.89. The third kappa shape index (κ3) is 2.55. The number of aromatic nitrogens is 5. The van der Waals surface area contributed by atoms with Crippen LogP contribution in [-0.4, -0.2) is 30.3 Å². The van der Waals surface area contributed by atoms with Gasteiger partial charge in [0.05, 0.1) is 5.69 Å². The number of benzene rings is 1. The number of hydrogen-bond acceptors (Lipinski definition) is 6. The summed E-state index contributed by atoms with van der Waals surface area (Å²) in [4.78, 5) is 4.22. The van der Waals surface area contributed by atoms with E-state index in [0.717, 1.165) is 10.7 Å². The van der Waals surface area contributed by atoms with E-state index in [0.29, 0.717) is 5.16 Å². The zero-order valence-electron chi connectivity index (χ0n) is 9.71. The topological polar surface area (TPSA) is 76.7 Å². The molecule has 0 atom stereocenters. The fraction of sp³-hybridized carbons (Fsp3) is 0. The van der Waals surface area contributed by atoms with Crippen molar-refractivity contribution >= 4 is 11.8 Å². The van der Waals surface area contributed by atoms with Crippen LogP contribution in [0.4, 0.5) is 0 Å². The molecular formula is C12H9N5OS. The van der Waals surface area contributed by atoms with Crippen LogP contribution in [0.15, 0.2) is 58.8 Å². The van der Waals surface area contributed by atoms with Gasteiger partial charge in [-0.1, -0.05) is 6.07 Å². The van der Waals surface area contributed by atoms with Crippen LogP contribution in [0.25, 0.3) is 5.69 Å². The average molecular weight is 271 g/mol. The van der Waals surface area contributed by atoms with Gasteiger partial charge in [0.15, 0.2) is 0 Å². The fourth-order valence-corrected chi connectivity index (χ4v) is 2.25. The van der Waals surface area contributed by atoms with E-state index in [-0.39, 0.29) is 5.75 Å². The third-order valence-corrected chi connectivity index (χ3v) is 3.26. The van der Waals surface area contributed by atoms with Gasteiger partial charge in [-0.2, -0.15) is 4.68 Å². The molecule has 0 bridgehead atoms. The van der Waals surface area contributed by atoms with Crippen molar-refractivity contribution in [2.24, 2.45) is 0 Å². The van der Waals surface area contributed by atoms with E-state index < -0.39 is 0 Å². The number of aromatic hydroxyl groups is 1. The van der Waals surface area contributed by atoms with Crippen molar-refractivity contribution in [3.63, 3.8) is 0 Å². The molecule has 19 heavy (non-hydrogen) atoms. The second-order valence-corrected chi connectivity index (χ2v) is 4.65. The summed E-state index contributed by atoms with van der Waals surface area (Å²) >= 11 is 1.37. The molecule has 1 N–H and O–H groups in total. The lowest BCUT2D eigenvalue weighted by Gasteiger charge is -2.03. The molecule has 0 saturated heterocycles. The van der Waals surface area contributed by atoms with E-state index >= 15 is 0 Å². The van der Waals surface area contributed by atoms with Crippen LogP contribution in [0, 0.1) is 0 Å². The highest BCUT2D eigenvalue weighted by atomic mass is 32.2. The molecule has 94 valence electrons. The Bertz CT molecular complexity index is 668. The predicted molar refractivity (Wildman–Crippen MR) is 69.2 cm³/mol. The molecule has 0 saturated carbocycles. The highest BCUT2D eigenvalue weighted by Crippen LogP contribution is 2.25. The van der Waals surface area contributed by atoms with Crippen molar-refractivity contribution in [1.82, 2.24) is 25.2 Å². The zero-order chi connectivity index (χ0) is 13.1. The van der Waals surface area contributed by atoms with Crippen molar-refractivity contribution in [1.29, 1.82) is 0 Å². The Morgan fingerprint density at radius 1 is 1.05 bits per heavy atom. The Morgan fingerprint density at radius 3 is 2.63 bits per heavy atom.